The molecular formula is C17H25BF3NO2. The Balaban J connectivity index is 2.59. The molecule has 134 valence electrons. The van der Waals surface area contributed by atoms with Gasteiger partial charge in [-0.25, -0.2) is 0 Å². The Morgan fingerprint density at radius 3 is 1.83 bits per heavy atom. The van der Waals surface area contributed by atoms with Crippen LogP contribution in [0.4, 0.5) is 13.2 Å². The van der Waals surface area contributed by atoms with Gasteiger partial charge in [-0.05, 0) is 40.7 Å². The van der Waals surface area contributed by atoms with Crippen LogP contribution in [-0.2, 0) is 20.9 Å². The highest BCUT2D eigenvalue weighted by Crippen LogP contribution is 2.39. The lowest BCUT2D eigenvalue weighted by Crippen LogP contribution is -2.41. The average Bonchev–Trinajstić information content (AvgIpc) is 2.55. The number of hydrogen-bond donors (Lipinski definition) is 0. The molecule has 7 heteroatoms. The second-order valence-corrected chi connectivity index (χ2v) is 8.40. The molecule has 2 rings (SSSR count). The van der Waals surface area contributed by atoms with Gasteiger partial charge in [-0.2, -0.15) is 13.2 Å². The van der Waals surface area contributed by atoms with Crippen molar-refractivity contribution in [3.63, 3.8) is 0 Å². The first-order chi connectivity index (χ1) is 10.6. The van der Waals surface area contributed by atoms with Gasteiger partial charge in [0.2, 0.25) is 0 Å². The van der Waals surface area contributed by atoms with E-state index in [4.69, 9.17) is 9.31 Å². The molecular weight excluding hydrogens is 318 g/mol. The molecule has 2 heterocycles. The number of hydrogen-bond acceptors (Lipinski definition) is 3. The zero-order chi connectivity index (χ0) is 18.7. The summed E-state index contributed by atoms with van der Waals surface area (Å²) in [7, 11) is -0.863. The van der Waals surface area contributed by atoms with Gasteiger partial charge in [0.15, 0.2) is 0 Å². The van der Waals surface area contributed by atoms with E-state index in [-0.39, 0.29) is 5.69 Å². The van der Waals surface area contributed by atoms with Crippen LogP contribution >= 0.6 is 0 Å². The molecule has 1 aromatic heterocycles. The molecule has 0 aromatic carbocycles. The number of alkyl halides is 3. The summed E-state index contributed by atoms with van der Waals surface area (Å²) in [6.07, 6.45) is -4.48. The number of aryl methyl sites for hydroxylation is 1. The monoisotopic (exact) mass is 343 g/mol. The van der Waals surface area contributed by atoms with Gasteiger partial charge in [0.25, 0.3) is 0 Å². The summed E-state index contributed by atoms with van der Waals surface area (Å²) in [6, 6.07) is 1.13. The van der Waals surface area contributed by atoms with Crippen molar-refractivity contribution < 1.29 is 22.5 Å². The third kappa shape index (κ3) is 3.33. The minimum Gasteiger partial charge on any atom is -0.399 e. The van der Waals surface area contributed by atoms with Gasteiger partial charge in [-0.1, -0.05) is 20.8 Å². The van der Waals surface area contributed by atoms with Crippen molar-refractivity contribution in [2.24, 2.45) is 0 Å². The van der Waals surface area contributed by atoms with Crippen molar-refractivity contribution >= 4 is 12.6 Å². The van der Waals surface area contributed by atoms with Crippen LogP contribution in [0.3, 0.4) is 0 Å². The zero-order valence-electron chi connectivity index (χ0n) is 15.6. The van der Waals surface area contributed by atoms with Gasteiger partial charge in [0, 0.05) is 16.6 Å². The highest BCUT2D eigenvalue weighted by atomic mass is 19.4. The Hall–Kier alpha value is -1.08. The predicted molar refractivity (Wildman–Crippen MR) is 88.4 cm³/mol. The Kier molecular flexibility index (Phi) is 4.38. The minimum atomic E-state index is -4.48. The topological polar surface area (TPSA) is 31.4 Å². The maximum absolute atomic E-state index is 13.6. The third-order valence-corrected chi connectivity index (χ3v) is 4.78. The van der Waals surface area contributed by atoms with Crippen molar-refractivity contribution in [2.75, 3.05) is 0 Å². The molecule has 3 nitrogen and oxygen atoms in total. The second-order valence-electron chi connectivity index (χ2n) is 8.40. The summed E-state index contributed by atoms with van der Waals surface area (Å²) in [5.41, 5.74) is -1.83. The molecule has 0 N–H and O–H groups in total. The molecule has 1 fully saturated rings. The Morgan fingerprint density at radius 2 is 1.46 bits per heavy atom. The van der Waals surface area contributed by atoms with Gasteiger partial charge < -0.3 is 9.31 Å². The second kappa shape index (κ2) is 5.46. The highest BCUT2D eigenvalue weighted by molar-refractivity contribution is 6.62. The van der Waals surface area contributed by atoms with Gasteiger partial charge in [-0.3, -0.25) is 4.98 Å². The largest absolute Gasteiger partial charge is 0.496 e. The van der Waals surface area contributed by atoms with Crippen LogP contribution in [0.1, 0.15) is 65.4 Å². The molecule has 0 unspecified atom stereocenters. The number of aromatic nitrogens is 1. The maximum Gasteiger partial charge on any atom is 0.496 e. The van der Waals surface area contributed by atoms with E-state index in [9.17, 15) is 13.2 Å². The van der Waals surface area contributed by atoms with Crippen molar-refractivity contribution in [3.05, 3.63) is 23.0 Å². The van der Waals surface area contributed by atoms with Crippen LogP contribution in [0, 0.1) is 6.92 Å². The zero-order valence-corrected chi connectivity index (χ0v) is 15.6. The van der Waals surface area contributed by atoms with Gasteiger partial charge in [0.05, 0.1) is 22.5 Å². The summed E-state index contributed by atoms with van der Waals surface area (Å²) in [4.78, 5) is 4.27. The van der Waals surface area contributed by atoms with E-state index in [1.807, 2.05) is 27.7 Å². The first-order valence-corrected chi connectivity index (χ1v) is 8.01. The van der Waals surface area contributed by atoms with E-state index in [1.54, 1.807) is 27.7 Å². The molecule has 1 saturated heterocycles. The minimum absolute atomic E-state index is 0.0350. The molecule has 0 saturated carbocycles. The van der Waals surface area contributed by atoms with Gasteiger partial charge in [-0.15, -0.1) is 0 Å². The maximum atomic E-state index is 13.6. The number of halogens is 3. The first kappa shape index (κ1) is 19.3. The molecule has 0 amide bonds. The number of pyridine rings is 1. The summed E-state index contributed by atoms with van der Waals surface area (Å²) < 4.78 is 52.5. The molecule has 0 aliphatic carbocycles. The standard InChI is InChI=1S/C17H25BF3NO2/c1-10-12(18-23-15(5,6)16(7,8)24-18)9-11(17(19,20)21)13(22-10)14(2,3)4/h9H,1-8H3. The van der Waals surface area contributed by atoms with Crippen LogP contribution in [-0.4, -0.2) is 23.3 Å². The van der Waals surface area contributed by atoms with Crippen molar-refractivity contribution in [2.45, 2.75) is 78.2 Å². The van der Waals surface area contributed by atoms with E-state index in [0.29, 0.717) is 11.2 Å². The van der Waals surface area contributed by atoms with Crippen molar-refractivity contribution in [1.82, 2.24) is 4.98 Å². The molecule has 1 aliphatic heterocycles. The van der Waals surface area contributed by atoms with E-state index >= 15 is 0 Å². The molecule has 0 atom stereocenters. The molecule has 0 radical (unpaired) electrons. The Bertz CT molecular complexity index is 632. The summed E-state index contributed by atoms with van der Waals surface area (Å²) in [5, 5.41) is 0. The lowest BCUT2D eigenvalue weighted by molar-refractivity contribution is -0.139. The highest BCUT2D eigenvalue weighted by Gasteiger charge is 2.53. The average molecular weight is 343 g/mol. The fraction of sp³-hybridized carbons (Fsp3) is 0.706. The third-order valence-electron chi connectivity index (χ3n) is 4.78. The van der Waals surface area contributed by atoms with E-state index in [0.717, 1.165) is 6.07 Å². The Labute approximate surface area is 142 Å². The summed E-state index contributed by atoms with van der Waals surface area (Å²) in [6.45, 7) is 14.3. The van der Waals surface area contributed by atoms with Crippen molar-refractivity contribution in [1.29, 1.82) is 0 Å². The smallest absolute Gasteiger partial charge is 0.399 e. The van der Waals surface area contributed by atoms with E-state index in [2.05, 4.69) is 4.98 Å². The summed E-state index contributed by atoms with van der Waals surface area (Å²) >= 11 is 0. The van der Waals surface area contributed by atoms with Crippen LogP contribution in [0.15, 0.2) is 6.07 Å². The van der Waals surface area contributed by atoms with E-state index in [1.165, 1.54) is 0 Å². The predicted octanol–water partition coefficient (Wildman–Crippen LogP) is 4.01. The van der Waals surface area contributed by atoms with E-state index < -0.39 is 35.5 Å². The van der Waals surface area contributed by atoms with Crippen LogP contribution in [0.2, 0.25) is 0 Å². The van der Waals surface area contributed by atoms with Gasteiger partial charge in [0.1, 0.15) is 0 Å². The van der Waals surface area contributed by atoms with Crippen LogP contribution in [0.25, 0.3) is 0 Å². The lowest BCUT2D eigenvalue weighted by Gasteiger charge is -2.32. The molecule has 0 spiro atoms. The number of nitrogens with zero attached hydrogens (tertiary/aromatic N) is 1. The molecule has 24 heavy (non-hydrogen) atoms. The normalized spacial score (nSPS) is 20.5. The van der Waals surface area contributed by atoms with Gasteiger partial charge >= 0.3 is 13.3 Å². The molecule has 0 bridgehead atoms. The Morgan fingerprint density at radius 1 is 1.00 bits per heavy atom. The molecule has 1 aliphatic rings. The fourth-order valence-electron chi connectivity index (χ4n) is 2.62. The number of rotatable bonds is 1. The fourth-order valence-corrected chi connectivity index (χ4v) is 2.62. The van der Waals surface area contributed by atoms with Crippen LogP contribution in [0.5, 0.6) is 0 Å². The van der Waals surface area contributed by atoms with Crippen LogP contribution < -0.4 is 5.46 Å². The SMILES string of the molecule is Cc1nc(C(C)(C)C)c(C(F)(F)F)cc1B1OC(C)(C)C(C)(C)O1. The first-order valence-electron chi connectivity index (χ1n) is 8.01. The van der Waals surface area contributed by atoms with Crippen molar-refractivity contribution in [3.8, 4) is 0 Å². The lowest BCUT2D eigenvalue weighted by atomic mass is 9.75. The quantitative estimate of drug-likeness (QED) is 0.722. The molecule has 1 aromatic rings. The summed E-state index contributed by atoms with van der Waals surface area (Å²) in [5.74, 6) is 0.